The molecule has 0 spiro atoms. The van der Waals surface area contributed by atoms with Crippen LogP contribution in [0.4, 0.5) is 0 Å². The average molecular weight is 311 g/mol. The zero-order valence-corrected chi connectivity index (χ0v) is 12.9. The lowest BCUT2D eigenvalue weighted by atomic mass is 10.0. The summed E-state index contributed by atoms with van der Waals surface area (Å²) in [5.74, 6) is -1.91. The van der Waals surface area contributed by atoms with Gasteiger partial charge in [-0.05, 0) is 18.8 Å². The van der Waals surface area contributed by atoms with Crippen molar-refractivity contribution in [2.45, 2.75) is 38.8 Å². The summed E-state index contributed by atoms with van der Waals surface area (Å²) < 4.78 is 1.00. The molecule has 1 aromatic heterocycles. The summed E-state index contributed by atoms with van der Waals surface area (Å²) in [5.41, 5.74) is 0. The molecule has 1 saturated heterocycles. The third-order valence-corrected chi connectivity index (χ3v) is 3.89. The Balaban J connectivity index is 2.31. The second kappa shape index (κ2) is 6.20. The molecule has 2 unspecified atom stereocenters. The summed E-state index contributed by atoms with van der Waals surface area (Å²) in [4.78, 5) is 26.2. The van der Waals surface area contributed by atoms with Gasteiger partial charge < -0.3 is 20.4 Å². The summed E-state index contributed by atoms with van der Waals surface area (Å²) in [5, 5.41) is 28.7. The minimum Gasteiger partial charge on any atom is -0.490 e. The van der Waals surface area contributed by atoms with Crippen molar-refractivity contribution >= 4 is 11.8 Å². The SMILES string of the molecule is CNC(=O)C1CCCN1C(=O)C(C(C)C)n1nnc(O)c1O. The zero-order chi connectivity index (χ0) is 16.4. The second-order valence-electron chi connectivity index (χ2n) is 5.67. The number of amides is 2. The monoisotopic (exact) mass is 311 g/mol. The molecular formula is C13H21N5O4. The number of carbonyl (C=O) groups is 2. The Kier molecular flexibility index (Phi) is 4.53. The molecule has 0 bridgehead atoms. The third kappa shape index (κ3) is 2.70. The molecule has 0 aliphatic carbocycles. The van der Waals surface area contributed by atoms with E-state index < -0.39 is 23.8 Å². The van der Waals surface area contributed by atoms with Gasteiger partial charge in [0.25, 0.3) is 11.8 Å². The van der Waals surface area contributed by atoms with Crippen molar-refractivity contribution < 1.29 is 19.8 Å². The lowest BCUT2D eigenvalue weighted by Gasteiger charge is -2.29. The number of carbonyl (C=O) groups excluding carboxylic acids is 2. The molecule has 3 N–H and O–H groups in total. The fourth-order valence-corrected chi connectivity index (χ4v) is 2.78. The van der Waals surface area contributed by atoms with Crippen molar-refractivity contribution in [2.24, 2.45) is 5.92 Å². The fourth-order valence-electron chi connectivity index (χ4n) is 2.78. The number of aromatic hydroxyl groups is 2. The number of nitrogens with one attached hydrogen (secondary N) is 1. The molecule has 2 atom stereocenters. The molecular weight excluding hydrogens is 290 g/mol. The molecule has 1 fully saturated rings. The van der Waals surface area contributed by atoms with Crippen molar-refractivity contribution in [1.82, 2.24) is 25.2 Å². The van der Waals surface area contributed by atoms with E-state index in [9.17, 15) is 19.8 Å². The summed E-state index contributed by atoms with van der Waals surface area (Å²) in [7, 11) is 1.53. The van der Waals surface area contributed by atoms with Gasteiger partial charge in [0, 0.05) is 13.6 Å². The molecule has 1 aliphatic rings. The Bertz CT molecular complexity index is 571. The molecule has 0 saturated carbocycles. The predicted octanol–water partition coefficient (Wildman–Crippen LogP) is -0.377. The van der Waals surface area contributed by atoms with E-state index in [2.05, 4.69) is 15.6 Å². The van der Waals surface area contributed by atoms with E-state index in [-0.39, 0.29) is 17.7 Å². The van der Waals surface area contributed by atoms with E-state index in [0.29, 0.717) is 13.0 Å². The van der Waals surface area contributed by atoms with Crippen LogP contribution in [0.3, 0.4) is 0 Å². The van der Waals surface area contributed by atoms with Crippen LogP contribution in [0.15, 0.2) is 0 Å². The maximum atomic E-state index is 12.8. The smallest absolute Gasteiger partial charge is 0.295 e. The third-order valence-electron chi connectivity index (χ3n) is 3.89. The van der Waals surface area contributed by atoms with Crippen molar-refractivity contribution in [3.05, 3.63) is 0 Å². The minimum absolute atomic E-state index is 0.203. The molecule has 122 valence electrons. The van der Waals surface area contributed by atoms with Crippen LogP contribution in [0.5, 0.6) is 11.8 Å². The molecule has 22 heavy (non-hydrogen) atoms. The van der Waals surface area contributed by atoms with E-state index in [0.717, 1.165) is 11.1 Å². The topological polar surface area (TPSA) is 121 Å². The van der Waals surface area contributed by atoms with E-state index in [1.54, 1.807) is 13.8 Å². The maximum Gasteiger partial charge on any atom is 0.295 e. The summed E-state index contributed by atoms with van der Waals surface area (Å²) in [6.45, 7) is 4.07. The highest BCUT2D eigenvalue weighted by Gasteiger charge is 2.40. The normalized spacial score (nSPS) is 19.5. The Morgan fingerprint density at radius 3 is 2.55 bits per heavy atom. The van der Waals surface area contributed by atoms with Crippen LogP contribution in [0, 0.1) is 5.92 Å². The van der Waals surface area contributed by atoms with E-state index in [4.69, 9.17) is 0 Å². The number of likely N-dealkylation sites (N-methyl/N-ethyl adjacent to an activating group) is 1. The van der Waals surface area contributed by atoms with Gasteiger partial charge in [-0.25, -0.2) is 0 Å². The number of nitrogens with zero attached hydrogens (tertiary/aromatic N) is 4. The molecule has 0 aromatic carbocycles. The van der Waals surface area contributed by atoms with Gasteiger partial charge in [-0.2, -0.15) is 4.68 Å². The van der Waals surface area contributed by atoms with Crippen LogP contribution in [-0.4, -0.2) is 61.6 Å². The number of hydrogen-bond donors (Lipinski definition) is 3. The molecule has 2 rings (SSSR count). The molecule has 0 radical (unpaired) electrons. The van der Waals surface area contributed by atoms with Crippen LogP contribution < -0.4 is 5.32 Å². The summed E-state index contributed by atoms with van der Waals surface area (Å²) in [6, 6.07) is -1.35. The first kappa shape index (κ1) is 16.1. The summed E-state index contributed by atoms with van der Waals surface area (Å²) in [6.07, 6.45) is 1.34. The fraction of sp³-hybridized carbons (Fsp3) is 0.692. The highest BCUT2D eigenvalue weighted by atomic mass is 16.3. The average Bonchev–Trinajstić information content (AvgIpc) is 3.08. The summed E-state index contributed by atoms with van der Waals surface area (Å²) >= 11 is 0. The molecule has 2 heterocycles. The Labute approximate surface area is 127 Å². The largest absolute Gasteiger partial charge is 0.490 e. The van der Waals surface area contributed by atoms with E-state index in [1.165, 1.54) is 11.9 Å². The zero-order valence-electron chi connectivity index (χ0n) is 12.9. The minimum atomic E-state index is -0.835. The Morgan fingerprint density at radius 2 is 2.05 bits per heavy atom. The van der Waals surface area contributed by atoms with Crippen molar-refractivity contribution in [3.63, 3.8) is 0 Å². The molecule has 9 heteroatoms. The molecule has 1 aromatic rings. The number of likely N-dealkylation sites (tertiary alicyclic amines) is 1. The van der Waals surface area contributed by atoms with Crippen LogP contribution >= 0.6 is 0 Å². The van der Waals surface area contributed by atoms with Crippen LogP contribution in [0.1, 0.15) is 32.7 Å². The number of hydrogen-bond acceptors (Lipinski definition) is 6. The quantitative estimate of drug-likeness (QED) is 0.697. The van der Waals surface area contributed by atoms with Gasteiger partial charge in [-0.15, -0.1) is 0 Å². The maximum absolute atomic E-state index is 12.8. The van der Waals surface area contributed by atoms with Gasteiger partial charge >= 0.3 is 0 Å². The van der Waals surface area contributed by atoms with Gasteiger partial charge in [0.05, 0.1) is 0 Å². The Hall–Kier alpha value is -2.32. The highest BCUT2D eigenvalue weighted by Crippen LogP contribution is 2.31. The first-order valence-corrected chi connectivity index (χ1v) is 7.23. The van der Waals surface area contributed by atoms with Crippen LogP contribution in [0.2, 0.25) is 0 Å². The van der Waals surface area contributed by atoms with Crippen LogP contribution in [0.25, 0.3) is 0 Å². The first-order valence-electron chi connectivity index (χ1n) is 7.23. The first-order chi connectivity index (χ1) is 10.4. The lowest BCUT2D eigenvalue weighted by Crippen LogP contribution is -2.48. The molecule has 1 aliphatic heterocycles. The number of aromatic nitrogens is 3. The van der Waals surface area contributed by atoms with Gasteiger partial charge in [0.2, 0.25) is 11.8 Å². The van der Waals surface area contributed by atoms with Crippen molar-refractivity contribution in [3.8, 4) is 11.8 Å². The molecule has 2 amide bonds. The number of rotatable bonds is 4. The van der Waals surface area contributed by atoms with Crippen molar-refractivity contribution in [1.29, 1.82) is 0 Å². The van der Waals surface area contributed by atoms with Crippen LogP contribution in [-0.2, 0) is 9.59 Å². The molecule has 9 nitrogen and oxygen atoms in total. The highest BCUT2D eigenvalue weighted by molar-refractivity contribution is 5.89. The lowest BCUT2D eigenvalue weighted by molar-refractivity contribution is -0.142. The van der Waals surface area contributed by atoms with E-state index in [1.807, 2.05) is 0 Å². The second-order valence-corrected chi connectivity index (χ2v) is 5.67. The van der Waals surface area contributed by atoms with Gasteiger partial charge in [-0.3, -0.25) is 9.59 Å². The Morgan fingerprint density at radius 1 is 1.36 bits per heavy atom. The van der Waals surface area contributed by atoms with Gasteiger partial charge in [0.15, 0.2) is 0 Å². The van der Waals surface area contributed by atoms with Crippen molar-refractivity contribution in [2.75, 3.05) is 13.6 Å². The van der Waals surface area contributed by atoms with Gasteiger partial charge in [-0.1, -0.05) is 24.2 Å². The standard InChI is InChI=1S/C13H21N5O4/c1-7(2)9(18-13(22)11(20)15-16-18)12(21)17-6-4-5-8(17)10(19)14-3/h7-9,20,22H,4-6H2,1-3H3,(H,14,19). The predicted molar refractivity (Wildman–Crippen MR) is 76.0 cm³/mol. The van der Waals surface area contributed by atoms with Gasteiger partial charge in [0.1, 0.15) is 12.1 Å². The van der Waals surface area contributed by atoms with E-state index >= 15 is 0 Å².